The Kier molecular flexibility index (Phi) is 6.94. The highest BCUT2D eigenvalue weighted by atomic mass is 32.1. The number of nitrogens with zero attached hydrogens (tertiary/aromatic N) is 2. The van der Waals surface area contributed by atoms with Crippen molar-refractivity contribution < 1.29 is 4.79 Å². The molecule has 0 radical (unpaired) electrons. The highest BCUT2D eigenvalue weighted by Gasteiger charge is 2.25. The van der Waals surface area contributed by atoms with Gasteiger partial charge in [0.2, 0.25) is 0 Å². The number of aryl methyl sites for hydroxylation is 1. The minimum atomic E-state index is 0.251. The molecule has 3 heterocycles. The number of benzene rings is 1. The average molecular weight is 425 g/mol. The van der Waals surface area contributed by atoms with Crippen LogP contribution in [0.5, 0.6) is 0 Å². The summed E-state index contributed by atoms with van der Waals surface area (Å²) in [5.41, 5.74) is 3.96. The van der Waals surface area contributed by atoms with Crippen LogP contribution in [0, 0.1) is 0 Å². The Balaban J connectivity index is 1.50. The molecule has 2 aliphatic rings. The van der Waals surface area contributed by atoms with E-state index >= 15 is 0 Å². The smallest absolute Gasteiger partial charge is 0.264 e. The number of carbonyl (C=O) groups excluding carboxylic acids is 1. The lowest BCUT2D eigenvalue weighted by Crippen LogP contribution is -2.37. The minimum Gasteiger partial charge on any atom is -0.338 e. The van der Waals surface area contributed by atoms with Crippen molar-refractivity contribution in [2.75, 3.05) is 26.2 Å². The number of likely N-dealkylation sites (tertiary alicyclic amines) is 2. The van der Waals surface area contributed by atoms with Gasteiger partial charge in [0.1, 0.15) is 0 Å². The topological polar surface area (TPSA) is 23.6 Å². The van der Waals surface area contributed by atoms with E-state index in [-0.39, 0.29) is 5.91 Å². The molecular weight excluding hydrogens is 388 g/mol. The van der Waals surface area contributed by atoms with Crippen molar-refractivity contribution in [3.8, 4) is 10.4 Å². The summed E-state index contributed by atoms with van der Waals surface area (Å²) in [6.07, 6.45) is 6.86. The van der Waals surface area contributed by atoms with E-state index in [1.165, 1.54) is 47.5 Å². The van der Waals surface area contributed by atoms with Crippen molar-refractivity contribution in [3.05, 3.63) is 46.3 Å². The summed E-state index contributed by atoms with van der Waals surface area (Å²) < 4.78 is 0. The maximum atomic E-state index is 13.1. The second-order valence-electron chi connectivity index (χ2n) is 9.24. The van der Waals surface area contributed by atoms with Crippen LogP contribution in [0.2, 0.25) is 0 Å². The lowest BCUT2D eigenvalue weighted by atomic mass is 9.88. The van der Waals surface area contributed by atoms with E-state index in [1.54, 1.807) is 11.3 Å². The number of rotatable bonds is 6. The number of amides is 1. The van der Waals surface area contributed by atoms with Gasteiger partial charge in [0, 0.05) is 24.0 Å². The standard InChI is InChI=1S/C26H36N2OS/c1-4-7-23-18-24(30-25(23)26(29)28-14-5-6-15-28)22-10-8-20(9-11-22)21-12-16-27(17-13-21)19(2)3/h8-11,18-19,21H,4-7,12-17H2,1-3H3. The predicted octanol–water partition coefficient (Wildman–Crippen LogP) is 6.19. The van der Waals surface area contributed by atoms with E-state index < -0.39 is 0 Å². The summed E-state index contributed by atoms with van der Waals surface area (Å²) in [5.74, 6) is 0.932. The van der Waals surface area contributed by atoms with Gasteiger partial charge in [-0.2, -0.15) is 0 Å². The van der Waals surface area contributed by atoms with Gasteiger partial charge in [0.15, 0.2) is 0 Å². The maximum absolute atomic E-state index is 13.1. The molecule has 0 spiro atoms. The summed E-state index contributed by atoms with van der Waals surface area (Å²) in [6.45, 7) is 11.0. The first-order valence-electron chi connectivity index (χ1n) is 11.8. The molecule has 4 heteroatoms. The van der Waals surface area contributed by atoms with Crippen LogP contribution in [0.25, 0.3) is 10.4 Å². The van der Waals surface area contributed by atoms with Gasteiger partial charge in [0.05, 0.1) is 4.88 Å². The Morgan fingerprint density at radius 1 is 1.07 bits per heavy atom. The Bertz CT molecular complexity index is 840. The van der Waals surface area contributed by atoms with Gasteiger partial charge in [-0.25, -0.2) is 0 Å². The molecule has 1 aromatic heterocycles. The number of thiophene rings is 1. The van der Waals surface area contributed by atoms with Crippen molar-refractivity contribution >= 4 is 17.2 Å². The molecule has 2 fully saturated rings. The van der Waals surface area contributed by atoms with Crippen LogP contribution in [-0.2, 0) is 6.42 Å². The molecule has 162 valence electrons. The van der Waals surface area contributed by atoms with Crippen LogP contribution in [0.3, 0.4) is 0 Å². The maximum Gasteiger partial charge on any atom is 0.264 e. The molecule has 0 unspecified atom stereocenters. The molecule has 0 N–H and O–H groups in total. The van der Waals surface area contributed by atoms with Gasteiger partial charge in [-0.05, 0) is 87.7 Å². The Hall–Kier alpha value is -1.65. The normalized spacial score (nSPS) is 18.5. The largest absolute Gasteiger partial charge is 0.338 e. The zero-order valence-electron chi connectivity index (χ0n) is 18.8. The van der Waals surface area contributed by atoms with Crippen LogP contribution in [0.15, 0.2) is 30.3 Å². The molecule has 0 atom stereocenters. The molecule has 2 saturated heterocycles. The predicted molar refractivity (Wildman–Crippen MR) is 128 cm³/mol. The van der Waals surface area contributed by atoms with E-state index in [9.17, 15) is 4.79 Å². The number of piperidine rings is 1. The highest BCUT2D eigenvalue weighted by molar-refractivity contribution is 7.17. The van der Waals surface area contributed by atoms with Gasteiger partial charge >= 0.3 is 0 Å². The number of hydrogen-bond donors (Lipinski definition) is 0. The zero-order valence-corrected chi connectivity index (χ0v) is 19.6. The monoisotopic (exact) mass is 424 g/mol. The zero-order chi connectivity index (χ0) is 21.1. The number of hydrogen-bond acceptors (Lipinski definition) is 3. The quantitative estimate of drug-likeness (QED) is 0.552. The lowest BCUT2D eigenvalue weighted by Gasteiger charge is -2.34. The van der Waals surface area contributed by atoms with Crippen LogP contribution >= 0.6 is 11.3 Å². The third-order valence-electron chi connectivity index (χ3n) is 6.84. The molecule has 4 rings (SSSR count). The SMILES string of the molecule is CCCc1cc(-c2ccc(C3CCN(C(C)C)CC3)cc2)sc1C(=O)N1CCCC1. The number of carbonyl (C=O) groups is 1. The fraction of sp³-hybridized carbons (Fsp3) is 0.577. The second-order valence-corrected chi connectivity index (χ2v) is 10.3. The van der Waals surface area contributed by atoms with Gasteiger partial charge in [0.25, 0.3) is 5.91 Å². The van der Waals surface area contributed by atoms with Gasteiger partial charge in [-0.1, -0.05) is 37.6 Å². The van der Waals surface area contributed by atoms with Gasteiger partial charge in [-0.3, -0.25) is 4.79 Å². The third-order valence-corrected chi connectivity index (χ3v) is 8.06. The van der Waals surface area contributed by atoms with Gasteiger partial charge < -0.3 is 9.80 Å². The highest BCUT2D eigenvalue weighted by Crippen LogP contribution is 2.35. The molecule has 2 aliphatic heterocycles. The van der Waals surface area contributed by atoms with E-state index in [2.05, 4.69) is 56.0 Å². The Morgan fingerprint density at radius 2 is 1.73 bits per heavy atom. The van der Waals surface area contributed by atoms with Crippen molar-refractivity contribution in [2.45, 2.75) is 71.3 Å². The summed E-state index contributed by atoms with van der Waals surface area (Å²) >= 11 is 1.69. The summed E-state index contributed by atoms with van der Waals surface area (Å²) in [6, 6.07) is 12.1. The first kappa shape index (κ1) is 21.6. The molecule has 30 heavy (non-hydrogen) atoms. The van der Waals surface area contributed by atoms with E-state index in [1.807, 2.05) is 4.90 Å². The molecule has 3 nitrogen and oxygen atoms in total. The average Bonchev–Trinajstić information content (AvgIpc) is 3.44. The molecule has 2 aromatic rings. The first-order valence-corrected chi connectivity index (χ1v) is 12.6. The lowest BCUT2D eigenvalue weighted by molar-refractivity contribution is 0.0796. The fourth-order valence-corrected chi connectivity index (χ4v) is 6.12. The molecule has 1 amide bonds. The van der Waals surface area contributed by atoms with Crippen LogP contribution in [0.1, 0.15) is 79.6 Å². The fourth-order valence-electron chi connectivity index (χ4n) is 4.94. The van der Waals surface area contributed by atoms with Crippen molar-refractivity contribution in [3.63, 3.8) is 0 Å². The molecule has 0 saturated carbocycles. The van der Waals surface area contributed by atoms with E-state index in [0.29, 0.717) is 12.0 Å². The van der Waals surface area contributed by atoms with E-state index in [4.69, 9.17) is 0 Å². The van der Waals surface area contributed by atoms with Gasteiger partial charge in [-0.15, -0.1) is 11.3 Å². The minimum absolute atomic E-state index is 0.251. The molecular formula is C26H36N2OS. The molecule has 0 aliphatic carbocycles. The van der Waals surface area contributed by atoms with Crippen molar-refractivity contribution in [1.29, 1.82) is 0 Å². The van der Waals surface area contributed by atoms with E-state index in [0.717, 1.165) is 43.6 Å². The Morgan fingerprint density at radius 3 is 2.33 bits per heavy atom. The summed E-state index contributed by atoms with van der Waals surface area (Å²) in [4.78, 5) is 19.9. The van der Waals surface area contributed by atoms with Crippen LogP contribution in [0.4, 0.5) is 0 Å². The molecule has 0 bridgehead atoms. The third kappa shape index (κ3) is 4.65. The molecule has 1 aromatic carbocycles. The second kappa shape index (κ2) is 9.65. The summed E-state index contributed by atoms with van der Waals surface area (Å²) in [5, 5.41) is 0. The Labute approximate surface area is 186 Å². The first-order chi connectivity index (χ1) is 14.6. The summed E-state index contributed by atoms with van der Waals surface area (Å²) in [7, 11) is 0. The van der Waals surface area contributed by atoms with Crippen molar-refractivity contribution in [1.82, 2.24) is 9.80 Å². The van der Waals surface area contributed by atoms with Crippen LogP contribution in [-0.4, -0.2) is 47.9 Å². The van der Waals surface area contributed by atoms with Crippen LogP contribution < -0.4 is 0 Å². The van der Waals surface area contributed by atoms with Crippen molar-refractivity contribution in [2.24, 2.45) is 0 Å².